The molecule has 0 amide bonds. The molecule has 0 fully saturated rings. The number of hydrogen-bond donors (Lipinski definition) is 0. The lowest BCUT2D eigenvalue weighted by molar-refractivity contribution is 0.00865. The van der Waals surface area contributed by atoms with Crippen molar-refractivity contribution in [2.45, 2.75) is 294 Å². The first-order valence-electron chi connectivity index (χ1n) is 28.5. The minimum Gasteiger partial charge on any atom is -0.304 e. The Kier molecular flexibility index (Phi) is 23.1. The number of rotatable bonds is 24. The van der Waals surface area contributed by atoms with Crippen molar-refractivity contribution in [3.05, 3.63) is 105 Å². The molecule has 398 valence electrons. The molecule has 0 bridgehead atoms. The summed E-state index contributed by atoms with van der Waals surface area (Å²) in [4.78, 5) is 0. The quantitative estimate of drug-likeness (QED) is 0.0837. The summed E-state index contributed by atoms with van der Waals surface area (Å²) in [6, 6.07) is 22.0. The molecule has 0 saturated heterocycles. The number of benzene rings is 3. The Labute approximate surface area is 436 Å². The second-order valence-electron chi connectivity index (χ2n) is 27.6. The van der Waals surface area contributed by atoms with Crippen LogP contribution in [0.15, 0.2) is 54.6 Å². The molecule has 0 aliphatic carbocycles. The predicted molar refractivity (Wildman–Crippen MR) is 310 cm³/mol. The van der Waals surface area contributed by atoms with E-state index in [9.17, 15) is 0 Å². The zero-order valence-electron chi connectivity index (χ0n) is 50.3. The molecule has 0 spiro atoms. The summed E-state index contributed by atoms with van der Waals surface area (Å²) >= 11 is 0. The molecule has 3 nitrogen and oxygen atoms in total. The van der Waals surface area contributed by atoms with Crippen LogP contribution in [0.25, 0.3) is 0 Å². The van der Waals surface area contributed by atoms with Crippen molar-refractivity contribution < 1.29 is 13.6 Å². The van der Waals surface area contributed by atoms with Gasteiger partial charge in [0.2, 0.25) is 0 Å². The van der Waals surface area contributed by atoms with E-state index >= 15 is 0 Å². The molecule has 0 aliphatic heterocycles. The van der Waals surface area contributed by atoms with Crippen LogP contribution < -0.4 is 0 Å². The van der Waals surface area contributed by atoms with Gasteiger partial charge in [-0.2, -0.15) is 0 Å². The van der Waals surface area contributed by atoms with Crippen molar-refractivity contribution in [3.63, 3.8) is 0 Å². The van der Waals surface area contributed by atoms with E-state index in [1.165, 1.54) is 50.1 Å². The van der Waals surface area contributed by atoms with Crippen molar-refractivity contribution in [2.24, 2.45) is 17.8 Å². The van der Waals surface area contributed by atoms with Crippen molar-refractivity contribution in [3.8, 4) is 0 Å². The third kappa shape index (κ3) is 17.3. The second-order valence-corrected chi connectivity index (χ2v) is 28.7. The molecule has 0 aromatic heterocycles. The Bertz CT molecular complexity index is 1790. The van der Waals surface area contributed by atoms with Crippen molar-refractivity contribution in [1.29, 1.82) is 0 Å². The Morgan fingerprint density at radius 3 is 0.743 bits per heavy atom. The molecule has 0 radical (unpaired) electrons. The van der Waals surface area contributed by atoms with Gasteiger partial charge >= 0.3 is 8.60 Å². The van der Waals surface area contributed by atoms with Gasteiger partial charge in [-0.15, -0.1) is 0 Å². The molecule has 6 unspecified atom stereocenters. The van der Waals surface area contributed by atoms with Crippen molar-refractivity contribution >= 4 is 8.60 Å². The summed E-state index contributed by atoms with van der Waals surface area (Å²) in [5.74, 6) is 0.853. The van der Waals surface area contributed by atoms with E-state index in [1.807, 2.05) is 0 Å². The van der Waals surface area contributed by atoms with Gasteiger partial charge in [0, 0.05) is 0 Å². The number of hydrogen-bond acceptors (Lipinski definition) is 3. The van der Waals surface area contributed by atoms with E-state index in [0.717, 1.165) is 77.0 Å². The van der Waals surface area contributed by atoms with Gasteiger partial charge in [-0.05, 0) is 120 Å². The molecule has 3 rings (SSSR count). The lowest BCUT2D eigenvalue weighted by Crippen LogP contribution is -2.26. The van der Waals surface area contributed by atoms with Gasteiger partial charge in [-0.3, -0.25) is 0 Å². The van der Waals surface area contributed by atoms with Crippen LogP contribution in [0.1, 0.15) is 312 Å². The van der Waals surface area contributed by atoms with Gasteiger partial charge < -0.3 is 13.6 Å². The molecular formula is C66H111O3P. The van der Waals surface area contributed by atoms with Gasteiger partial charge in [0.25, 0.3) is 0 Å². The van der Waals surface area contributed by atoms with Crippen LogP contribution in [-0.4, -0.2) is 0 Å². The molecule has 0 aliphatic rings. The molecule has 3 aromatic rings. The largest absolute Gasteiger partial charge is 0.334 e. The van der Waals surface area contributed by atoms with E-state index in [1.54, 1.807) is 0 Å². The first-order valence-corrected chi connectivity index (χ1v) is 29.6. The van der Waals surface area contributed by atoms with Crippen LogP contribution in [0, 0.1) is 17.8 Å². The summed E-state index contributed by atoms with van der Waals surface area (Å²) < 4.78 is 24.2. The van der Waals surface area contributed by atoms with Crippen LogP contribution in [-0.2, 0) is 46.1 Å². The minimum atomic E-state index is -1.94. The third-order valence-electron chi connectivity index (χ3n) is 15.3. The first kappa shape index (κ1) is 62.3. The summed E-state index contributed by atoms with van der Waals surface area (Å²) in [6.07, 6.45) is 12.6. The van der Waals surface area contributed by atoms with Crippen LogP contribution in [0.3, 0.4) is 0 Å². The normalized spacial score (nSPS) is 16.5. The monoisotopic (exact) mass is 983 g/mol. The van der Waals surface area contributed by atoms with Crippen LogP contribution in [0.5, 0.6) is 0 Å². The highest BCUT2D eigenvalue weighted by molar-refractivity contribution is 7.41. The first-order chi connectivity index (χ1) is 32.3. The fourth-order valence-corrected chi connectivity index (χ4v) is 12.0. The third-order valence-corrected chi connectivity index (χ3v) is 16.5. The zero-order valence-corrected chi connectivity index (χ0v) is 51.2. The summed E-state index contributed by atoms with van der Waals surface area (Å²) in [6.45, 7) is 56.6. The molecule has 4 heteroatoms. The molecule has 3 aromatic carbocycles. The van der Waals surface area contributed by atoms with E-state index in [-0.39, 0.29) is 68.6 Å². The Morgan fingerprint density at radius 2 is 0.571 bits per heavy atom. The maximum atomic E-state index is 8.08. The smallest absolute Gasteiger partial charge is 0.304 e. The Morgan fingerprint density at radius 1 is 0.343 bits per heavy atom. The van der Waals surface area contributed by atoms with Crippen LogP contribution in [0.4, 0.5) is 0 Å². The van der Waals surface area contributed by atoms with E-state index < -0.39 is 8.60 Å². The lowest BCUT2D eigenvalue weighted by Gasteiger charge is -2.40. The second kappa shape index (κ2) is 26.0. The lowest BCUT2D eigenvalue weighted by atomic mass is 9.75. The van der Waals surface area contributed by atoms with Gasteiger partial charge in [-0.1, -0.05) is 279 Å². The fourth-order valence-electron chi connectivity index (χ4n) is 10.4. The van der Waals surface area contributed by atoms with Gasteiger partial charge in [-0.25, -0.2) is 0 Å². The maximum absolute atomic E-state index is 8.08. The summed E-state index contributed by atoms with van der Waals surface area (Å²) in [5, 5.41) is 0. The van der Waals surface area contributed by atoms with Crippen LogP contribution in [0.2, 0.25) is 0 Å². The predicted octanol–water partition coefficient (Wildman–Crippen LogP) is 21.9. The molecule has 0 heterocycles. The highest BCUT2D eigenvalue weighted by atomic mass is 31.2. The van der Waals surface area contributed by atoms with E-state index in [0.29, 0.717) is 0 Å². The Hall–Kier alpha value is -2.03. The summed E-state index contributed by atoms with van der Waals surface area (Å²) in [7, 11) is -1.94. The highest BCUT2D eigenvalue weighted by Gasteiger charge is 2.41. The minimum absolute atomic E-state index is 0.0163. The average molecular weight is 984 g/mol. The molecule has 0 saturated carbocycles. The van der Waals surface area contributed by atoms with Crippen molar-refractivity contribution in [2.75, 3.05) is 0 Å². The van der Waals surface area contributed by atoms with Gasteiger partial charge in [0.15, 0.2) is 0 Å². The Balaban J connectivity index is 2.63. The SMILES string of the molecule is CCCCC(CC)C(OP(OC(c1ccc(C(C)(C)C)cc1C(C)(C)C)C(CC)CCCC)OC(c1ccc(C(C)(C)C)cc1C(C)(C)C)C(CC)CCCC)c1ccc(C(C)(C)C)cc1C(C)(C)C. The number of unbranched alkanes of at least 4 members (excludes halogenated alkanes) is 3. The zero-order chi connectivity index (χ0) is 53.2. The standard InChI is InChI=1S/C66H111O3P/c1-25-31-34-46(28-4)58(52-40-37-49(61(7,8)9)43-55(52)64(16,17)18)67-70(68-59(47(29-5)35-32-26-2)53-41-38-50(62(10,11)12)44-56(53)65(19,20)21)69-60(48(30-6)36-33-27-3)54-42-39-51(63(13,14)15)45-57(54)66(22,23)24/h37-48,58-60H,25-36H2,1-24H3. The molecule has 70 heavy (non-hydrogen) atoms. The topological polar surface area (TPSA) is 27.7 Å². The molecule has 0 N–H and O–H groups in total. The summed E-state index contributed by atoms with van der Waals surface area (Å²) in [5.41, 5.74) is 11.8. The average Bonchev–Trinajstić information content (AvgIpc) is 3.25. The van der Waals surface area contributed by atoms with Gasteiger partial charge in [0.05, 0.1) is 18.3 Å². The van der Waals surface area contributed by atoms with E-state index in [4.69, 9.17) is 13.6 Å². The van der Waals surface area contributed by atoms with E-state index in [2.05, 4.69) is 221 Å². The van der Waals surface area contributed by atoms with Gasteiger partial charge in [0.1, 0.15) is 0 Å². The maximum Gasteiger partial charge on any atom is 0.334 e. The molecular weight excluding hydrogens is 872 g/mol. The highest BCUT2D eigenvalue weighted by Crippen LogP contribution is 2.59. The van der Waals surface area contributed by atoms with Crippen LogP contribution >= 0.6 is 8.60 Å². The van der Waals surface area contributed by atoms with Crippen molar-refractivity contribution in [1.82, 2.24) is 0 Å². The molecule has 6 atom stereocenters. The fraction of sp³-hybridized carbons (Fsp3) is 0.727.